The van der Waals surface area contributed by atoms with Crippen molar-refractivity contribution in [1.82, 2.24) is 9.80 Å². The molecule has 0 saturated carbocycles. The average Bonchev–Trinajstić information content (AvgIpc) is 3.07. The normalized spacial score (nSPS) is 19.3. The van der Waals surface area contributed by atoms with Crippen LogP contribution < -0.4 is 23.7 Å². The molecule has 4 aromatic carbocycles. The van der Waals surface area contributed by atoms with Crippen LogP contribution in [-0.4, -0.2) is 63.4 Å². The van der Waals surface area contributed by atoms with Crippen LogP contribution in [0.1, 0.15) is 51.0 Å². The van der Waals surface area contributed by atoms with Crippen molar-refractivity contribution >= 4 is 0 Å². The van der Waals surface area contributed by atoms with E-state index in [2.05, 4.69) is 66.4 Å². The van der Waals surface area contributed by atoms with Crippen molar-refractivity contribution in [1.29, 1.82) is 0 Å². The molecular formula is C38H42N2O6. The lowest BCUT2D eigenvalue weighted by atomic mass is 9.86. The fraction of sp³-hybridized carbons (Fsp3) is 0.368. The molecule has 46 heavy (non-hydrogen) atoms. The third-order valence-corrected chi connectivity index (χ3v) is 9.92. The van der Waals surface area contributed by atoms with Gasteiger partial charge in [0.05, 0.1) is 27.9 Å². The van der Waals surface area contributed by atoms with Crippen LogP contribution in [0.25, 0.3) is 0 Å². The Hall–Kier alpha value is -4.24. The van der Waals surface area contributed by atoms with Gasteiger partial charge in [-0.15, -0.1) is 0 Å². The van der Waals surface area contributed by atoms with E-state index in [0.29, 0.717) is 40.9 Å². The quantitative estimate of drug-likeness (QED) is 0.272. The molecule has 0 amide bonds. The summed E-state index contributed by atoms with van der Waals surface area (Å²) in [5.41, 5.74) is 7.77. The minimum atomic E-state index is -0.128. The number of hydrogen-bond donors (Lipinski definition) is 1. The largest absolute Gasteiger partial charge is 0.493 e. The van der Waals surface area contributed by atoms with Crippen LogP contribution in [0, 0.1) is 0 Å². The third-order valence-electron chi connectivity index (χ3n) is 9.92. The molecule has 0 aliphatic carbocycles. The van der Waals surface area contributed by atoms with Crippen LogP contribution in [-0.2, 0) is 32.3 Å². The molecule has 0 spiro atoms. The standard InChI is InChI=1S/C38H42N2O6/c1-39-14-12-25-19-27(22-41)33-21-29(25)30(39)16-23-6-9-28(10-7-23)45-34-18-24(8-11-32(34)42-3)17-31-36-26(13-15-40(31)2)20-35(43-4)37(44-5)38(36)46-33/h6-11,18-21,30-31,41H,12-17,22H2,1-5H3/t30-,31-/m0/s1. The van der Waals surface area contributed by atoms with Gasteiger partial charge < -0.3 is 28.8 Å². The van der Waals surface area contributed by atoms with Crippen molar-refractivity contribution in [2.45, 2.75) is 44.4 Å². The predicted octanol–water partition coefficient (Wildman–Crippen LogP) is 6.65. The summed E-state index contributed by atoms with van der Waals surface area (Å²) in [6.07, 6.45) is 3.28. The molecule has 8 rings (SSSR count). The Bertz CT molecular complexity index is 1750. The monoisotopic (exact) mass is 622 g/mol. The van der Waals surface area contributed by atoms with E-state index in [-0.39, 0.29) is 18.7 Å². The van der Waals surface area contributed by atoms with Gasteiger partial charge in [-0.2, -0.15) is 0 Å². The van der Waals surface area contributed by atoms with Gasteiger partial charge in [0.2, 0.25) is 5.75 Å². The summed E-state index contributed by atoms with van der Waals surface area (Å²) >= 11 is 0. The molecule has 6 bridgehead atoms. The maximum atomic E-state index is 10.6. The Balaban J connectivity index is 1.47. The van der Waals surface area contributed by atoms with Gasteiger partial charge in [0.15, 0.2) is 23.0 Å². The van der Waals surface area contributed by atoms with Crippen molar-refractivity contribution < 1.29 is 28.8 Å². The molecule has 8 nitrogen and oxygen atoms in total. The maximum absolute atomic E-state index is 10.6. The van der Waals surface area contributed by atoms with Gasteiger partial charge in [0.25, 0.3) is 0 Å². The second-order valence-electron chi connectivity index (χ2n) is 12.6. The Labute approximate surface area is 271 Å². The minimum absolute atomic E-state index is 0.0212. The lowest BCUT2D eigenvalue weighted by Crippen LogP contribution is -2.34. The van der Waals surface area contributed by atoms with Crippen LogP contribution in [0.5, 0.6) is 40.2 Å². The lowest BCUT2D eigenvalue weighted by Gasteiger charge is -2.37. The van der Waals surface area contributed by atoms with E-state index in [9.17, 15) is 5.11 Å². The number of hydrogen-bond acceptors (Lipinski definition) is 8. The van der Waals surface area contributed by atoms with E-state index in [1.54, 1.807) is 21.3 Å². The molecule has 0 fully saturated rings. The highest BCUT2D eigenvalue weighted by atomic mass is 16.5. The van der Waals surface area contributed by atoms with E-state index < -0.39 is 0 Å². The summed E-state index contributed by atoms with van der Waals surface area (Å²) in [4.78, 5) is 4.77. The summed E-state index contributed by atoms with van der Waals surface area (Å²) in [5, 5.41) is 10.6. The molecule has 0 unspecified atom stereocenters. The van der Waals surface area contributed by atoms with Gasteiger partial charge in [-0.25, -0.2) is 0 Å². The van der Waals surface area contributed by atoms with Crippen LogP contribution >= 0.6 is 0 Å². The Morgan fingerprint density at radius 1 is 0.717 bits per heavy atom. The first kappa shape index (κ1) is 30.4. The fourth-order valence-electron chi connectivity index (χ4n) is 7.33. The van der Waals surface area contributed by atoms with E-state index >= 15 is 0 Å². The second kappa shape index (κ2) is 12.5. The minimum Gasteiger partial charge on any atom is -0.493 e. The predicted molar refractivity (Wildman–Crippen MR) is 177 cm³/mol. The summed E-state index contributed by atoms with van der Waals surface area (Å²) in [5.74, 6) is 4.57. The van der Waals surface area contributed by atoms with Gasteiger partial charge in [0, 0.05) is 36.3 Å². The summed E-state index contributed by atoms with van der Waals surface area (Å²) < 4.78 is 31.0. The second-order valence-corrected chi connectivity index (χ2v) is 12.6. The van der Waals surface area contributed by atoms with E-state index in [1.807, 2.05) is 18.2 Å². The lowest BCUT2D eigenvalue weighted by molar-refractivity contribution is 0.220. The number of fused-ring (bicyclic) bond motifs is 2. The maximum Gasteiger partial charge on any atom is 0.204 e. The Morgan fingerprint density at radius 2 is 1.41 bits per heavy atom. The number of aliphatic hydroxyl groups is 1. The van der Waals surface area contributed by atoms with Gasteiger partial charge in [-0.1, -0.05) is 18.2 Å². The number of benzene rings is 4. The number of rotatable bonds is 4. The highest BCUT2D eigenvalue weighted by molar-refractivity contribution is 5.63. The highest BCUT2D eigenvalue weighted by Crippen LogP contribution is 2.51. The van der Waals surface area contributed by atoms with E-state index in [4.69, 9.17) is 23.7 Å². The van der Waals surface area contributed by atoms with Crippen molar-refractivity contribution in [3.05, 3.63) is 99.6 Å². The summed E-state index contributed by atoms with van der Waals surface area (Å²) in [6, 6.07) is 21.0. The zero-order chi connectivity index (χ0) is 31.9. The molecule has 8 heteroatoms. The van der Waals surface area contributed by atoms with Gasteiger partial charge in [0.1, 0.15) is 11.5 Å². The molecule has 4 aliphatic rings. The van der Waals surface area contributed by atoms with Crippen molar-refractivity contribution in [2.24, 2.45) is 0 Å². The molecule has 4 aliphatic heterocycles. The van der Waals surface area contributed by atoms with Crippen LogP contribution in [0.4, 0.5) is 0 Å². The average molecular weight is 623 g/mol. The Morgan fingerprint density at radius 3 is 2.13 bits per heavy atom. The molecule has 0 aromatic heterocycles. The first-order valence-electron chi connectivity index (χ1n) is 16.0. The van der Waals surface area contributed by atoms with Gasteiger partial charge in [-0.05, 0) is 110 Å². The molecule has 240 valence electrons. The molecule has 4 aromatic rings. The molecule has 0 radical (unpaired) electrons. The van der Waals surface area contributed by atoms with Crippen LogP contribution in [0.2, 0.25) is 0 Å². The number of likely N-dealkylation sites (N-methyl/N-ethyl adjacent to an activating group) is 2. The number of aliphatic hydroxyl groups excluding tert-OH is 1. The number of nitrogens with zero attached hydrogens (tertiary/aromatic N) is 2. The molecular weight excluding hydrogens is 580 g/mol. The zero-order valence-electron chi connectivity index (χ0n) is 27.3. The molecule has 1 N–H and O–H groups in total. The zero-order valence-corrected chi connectivity index (χ0v) is 27.3. The summed E-state index contributed by atoms with van der Waals surface area (Å²) in [7, 11) is 9.32. The Kier molecular flexibility index (Phi) is 8.27. The van der Waals surface area contributed by atoms with Crippen molar-refractivity contribution in [2.75, 3.05) is 48.5 Å². The molecule has 4 heterocycles. The van der Waals surface area contributed by atoms with E-state index in [1.165, 1.54) is 16.7 Å². The highest BCUT2D eigenvalue weighted by Gasteiger charge is 2.34. The fourth-order valence-corrected chi connectivity index (χ4v) is 7.33. The topological polar surface area (TPSA) is 72.9 Å². The third kappa shape index (κ3) is 5.44. The van der Waals surface area contributed by atoms with Gasteiger partial charge in [-0.3, -0.25) is 9.80 Å². The molecule has 2 atom stereocenters. The van der Waals surface area contributed by atoms with E-state index in [0.717, 1.165) is 60.4 Å². The number of ether oxygens (including phenoxy) is 5. The van der Waals surface area contributed by atoms with Crippen LogP contribution in [0.3, 0.4) is 0 Å². The van der Waals surface area contributed by atoms with Gasteiger partial charge >= 0.3 is 0 Å². The smallest absolute Gasteiger partial charge is 0.204 e. The SMILES string of the molecule is COc1ccc2cc1Oc1ccc(cc1)C[C@H]1c3cc(c(CO)cc3CCN1C)Oc1c(OC)c(OC)cc3c1[C@H](C2)N(C)CC3. The molecule has 0 saturated heterocycles. The van der Waals surface area contributed by atoms with Crippen LogP contribution in [0.15, 0.2) is 60.7 Å². The van der Waals surface area contributed by atoms with Crippen molar-refractivity contribution in [3.63, 3.8) is 0 Å². The van der Waals surface area contributed by atoms with Crippen molar-refractivity contribution in [3.8, 4) is 40.2 Å². The first-order chi connectivity index (χ1) is 22.4. The summed E-state index contributed by atoms with van der Waals surface area (Å²) in [6.45, 7) is 1.69. The number of methoxy groups -OCH3 is 3. The first-order valence-corrected chi connectivity index (χ1v) is 16.0.